The Kier molecular flexibility index (Phi) is 4.77. The Bertz CT molecular complexity index is 906. The smallest absolute Gasteiger partial charge is 0.247 e. The number of anilines is 1. The molecule has 3 fully saturated rings. The van der Waals surface area contributed by atoms with Crippen molar-refractivity contribution in [3.05, 3.63) is 30.3 Å². The standard InChI is InChI=1S/C20H24N2O5S/c23-17-12-20(9-4-5-10-20)19(25)21(17)13-18(24)22(15-6-2-1-3-7-15)16-8-11-28(26,27)14-16/h1-3,6-7,16H,4-5,8-14H2/t16-/m1/s1. The second-order valence-corrected chi connectivity index (χ2v) is 10.3. The third-order valence-corrected chi connectivity index (χ3v) is 7.97. The first-order valence-electron chi connectivity index (χ1n) is 9.74. The molecule has 1 atom stereocenters. The van der Waals surface area contributed by atoms with E-state index in [4.69, 9.17) is 0 Å². The fourth-order valence-electron chi connectivity index (χ4n) is 4.80. The molecule has 1 saturated carbocycles. The molecule has 0 N–H and O–H groups in total. The Morgan fingerprint density at radius 2 is 1.82 bits per heavy atom. The molecule has 0 bridgehead atoms. The zero-order valence-electron chi connectivity index (χ0n) is 15.7. The number of likely N-dealkylation sites (tertiary alicyclic amines) is 1. The topological polar surface area (TPSA) is 91.8 Å². The van der Waals surface area contributed by atoms with Crippen molar-refractivity contribution in [2.75, 3.05) is 23.0 Å². The Labute approximate surface area is 164 Å². The Hall–Kier alpha value is -2.22. The molecule has 0 radical (unpaired) electrons. The number of rotatable bonds is 4. The normalized spacial score (nSPS) is 25.6. The van der Waals surface area contributed by atoms with E-state index in [1.54, 1.807) is 24.3 Å². The van der Waals surface area contributed by atoms with Crippen LogP contribution in [-0.4, -0.2) is 55.1 Å². The molecule has 1 aliphatic carbocycles. The Morgan fingerprint density at radius 3 is 2.43 bits per heavy atom. The van der Waals surface area contributed by atoms with Crippen LogP contribution in [0.15, 0.2) is 30.3 Å². The molecule has 2 saturated heterocycles. The van der Waals surface area contributed by atoms with Gasteiger partial charge in [-0.25, -0.2) is 8.42 Å². The quantitative estimate of drug-likeness (QED) is 0.710. The maximum Gasteiger partial charge on any atom is 0.247 e. The number of sulfone groups is 1. The molecule has 8 heteroatoms. The van der Waals surface area contributed by atoms with E-state index in [9.17, 15) is 22.8 Å². The number of amides is 3. The first-order valence-corrected chi connectivity index (χ1v) is 11.6. The molecule has 3 aliphatic rings. The number of imide groups is 1. The lowest BCUT2D eigenvalue weighted by molar-refractivity contribution is -0.144. The van der Waals surface area contributed by atoms with Gasteiger partial charge in [-0.2, -0.15) is 0 Å². The molecule has 150 valence electrons. The second kappa shape index (κ2) is 6.99. The number of para-hydroxylation sites is 1. The number of hydrogen-bond acceptors (Lipinski definition) is 5. The first-order chi connectivity index (χ1) is 13.3. The van der Waals surface area contributed by atoms with Crippen LogP contribution >= 0.6 is 0 Å². The van der Waals surface area contributed by atoms with Gasteiger partial charge in [-0.1, -0.05) is 31.0 Å². The van der Waals surface area contributed by atoms with Crippen LogP contribution in [-0.2, 0) is 24.2 Å². The van der Waals surface area contributed by atoms with E-state index in [1.807, 2.05) is 6.07 Å². The van der Waals surface area contributed by atoms with Crippen LogP contribution in [0.5, 0.6) is 0 Å². The largest absolute Gasteiger partial charge is 0.307 e. The lowest BCUT2D eigenvalue weighted by Crippen LogP contribution is -2.48. The average molecular weight is 404 g/mol. The second-order valence-electron chi connectivity index (χ2n) is 8.11. The van der Waals surface area contributed by atoms with Gasteiger partial charge in [0.25, 0.3) is 0 Å². The molecule has 2 heterocycles. The third-order valence-electron chi connectivity index (χ3n) is 6.22. The molecule has 4 rings (SSSR count). The number of hydrogen-bond donors (Lipinski definition) is 0. The van der Waals surface area contributed by atoms with Crippen molar-refractivity contribution in [3.63, 3.8) is 0 Å². The Balaban J connectivity index is 1.58. The zero-order chi connectivity index (χ0) is 19.9. The van der Waals surface area contributed by atoms with Crippen molar-refractivity contribution >= 4 is 33.2 Å². The lowest BCUT2D eigenvalue weighted by atomic mass is 9.84. The molecule has 0 unspecified atom stereocenters. The van der Waals surface area contributed by atoms with E-state index in [0.29, 0.717) is 24.9 Å². The van der Waals surface area contributed by atoms with E-state index >= 15 is 0 Å². The summed E-state index contributed by atoms with van der Waals surface area (Å²) < 4.78 is 23.9. The summed E-state index contributed by atoms with van der Waals surface area (Å²) in [5, 5.41) is 0. The van der Waals surface area contributed by atoms with Crippen molar-refractivity contribution in [1.29, 1.82) is 0 Å². The molecule has 1 aromatic carbocycles. The fourth-order valence-corrected chi connectivity index (χ4v) is 6.50. The summed E-state index contributed by atoms with van der Waals surface area (Å²) in [7, 11) is -3.19. The van der Waals surface area contributed by atoms with E-state index in [2.05, 4.69) is 0 Å². The number of carbonyl (C=O) groups is 3. The van der Waals surface area contributed by atoms with Gasteiger partial charge in [0.05, 0.1) is 23.0 Å². The highest BCUT2D eigenvalue weighted by atomic mass is 32.2. The molecule has 0 aromatic heterocycles. The van der Waals surface area contributed by atoms with Crippen molar-refractivity contribution in [3.8, 4) is 0 Å². The maximum atomic E-state index is 13.2. The first kappa shape index (κ1) is 19.1. The van der Waals surface area contributed by atoms with E-state index in [1.165, 1.54) is 4.90 Å². The minimum Gasteiger partial charge on any atom is -0.307 e. The zero-order valence-corrected chi connectivity index (χ0v) is 16.5. The van der Waals surface area contributed by atoms with Gasteiger partial charge < -0.3 is 4.90 Å². The average Bonchev–Trinajstić information content (AvgIpc) is 3.32. The highest BCUT2D eigenvalue weighted by Gasteiger charge is 2.53. The van der Waals surface area contributed by atoms with Gasteiger partial charge in [0, 0.05) is 12.1 Å². The molecule has 2 aliphatic heterocycles. The minimum absolute atomic E-state index is 0.0406. The minimum atomic E-state index is -3.19. The van der Waals surface area contributed by atoms with Crippen molar-refractivity contribution in [1.82, 2.24) is 4.90 Å². The van der Waals surface area contributed by atoms with Crippen molar-refractivity contribution < 1.29 is 22.8 Å². The summed E-state index contributed by atoms with van der Waals surface area (Å²) in [5.41, 5.74) is -0.0321. The number of carbonyl (C=O) groups excluding carboxylic acids is 3. The molecule has 1 aromatic rings. The highest BCUT2D eigenvalue weighted by Crippen LogP contribution is 2.46. The lowest BCUT2D eigenvalue weighted by Gasteiger charge is -2.30. The number of benzene rings is 1. The van der Waals surface area contributed by atoms with Gasteiger partial charge in [0.15, 0.2) is 9.84 Å². The summed E-state index contributed by atoms with van der Waals surface area (Å²) in [4.78, 5) is 41.1. The van der Waals surface area contributed by atoms with Crippen LogP contribution < -0.4 is 4.90 Å². The van der Waals surface area contributed by atoms with Crippen LogP contribution in [0.1, 0.15) is 38.5 Å². The van der Waals surface area contributed by atoms with Crippen molar-refractivity contribution in [2.45, 2.75) is 44.6 Å². The number of nitrogens with zero attached hydrogens (tertiary/aromatic N) is 2. The summed E-state index contributed by atoms with van der Waals surface area (Å²) >= 11 is 0. The van der Waals surface area contributed by atoms with Crippen LogP contribution in [0.4, 0.5) is 5.69 Å². The SMILES string of the molecule is O=C1CC2(CCCC2)C(=O)N1CC(=O)N(c1ccccc1)[C@@H]1CCS(=O)(=O)C1. The van der Waals surface area contributed by atoms with Gasteiger partial charge in [0.2, 0.25) is 17.7 Å². The van der Waals surface area contributed by atoms with E-state index in [0.717, 1.165) is 17.7 Å². The summed E-state index contributed by atoms with van der Waals surface area (Å²) in [6.07, 6.45) is 3.79. The molecular weight excluding hydrogens is 380 g/mol. The van der Waals surface area contributed by atoms with Gasteiger partial charge in [-0.3, -0.25) is 19.3 Å². The van der Waals surface area contributed by atoms with E-state index in [-0.39, 0.29) is 36.3 Å². The molecular formula is C20H24N2O5S. The summed E-state index contributed by atoms with van der Waals surface area (Å²) in [6, 6.07) is 8.38. The molecule has 1 spiro atoms. The van der Waals surface area contributed by atoms with E-state index < -0.39 is 27.2 Å². The van der Waals surface area contributed by atoms with Crippen LogP contribution in [0.2, 0.25) is 0 Å². The molecule has 7 nitrogen and oxygen atoms in total. The van der Waals surface area contributed by atoms with Gasteiger partial charge in [0.1, 0.15) is 6.54 Å². The van der Waals surface area contributed by atoms with Crippen LogP contribution in [0.3, 0.4) is 0 Å². The van der Waals surface area contributed by atoms with Gasteiger partial charge in [-0.05, 0) is 31.4 Å². The van der Waals surface area contributed by atoms with Crippen LogP contribution in [0, 0.1) is 5.41 Å². The monoisotopic (exact) mass is 404 g/mol. The van der Waals surface area contributed by atoms with Crippen LogP contribution in [0.25, 0.3) is 0 Å². The highest BCUT2D eigenvalue weighted by molar-refractivity contribution is 7.91. The Morgan fingerprint density at radius 1 is 1.14 bits per heavy atom. The fraction of sp³-hybridized carbons (Fsp3) is 0.550. The van der Waals surface area contributed by atoms with Gasteiger partial charge >= 0.3 is 0 Å². The molecule has 28 heavy (non-hydrogen) atoms. The summed E-state index contributed by atoms with van der Waals surface area (Å²) in [6.45, 7) is -0.329. The predicted octanol–water partition coefficient (Wildman–Crippen LogP) is 1.53. The third kappa shape index (κ3) is 3.34. The van der Waals surface area contributed by atoms with Crippen molar-refractivity contribution in [2.24, 2.45) is 5.41 Å². The maximum absolute atomic E-state index is 13.2. The molecule has 3 amide bonds. The summed E-state index contributed by atoms with van der Waals surface area (Å²) in [5.74, 6) is -1.01. The predicted molar refractivity (Wildman–Crippen MR) is 103 cm³/mol. The van der Waals surface area contributed by atoms with Gasteiger partial charge in [-0.15, -0.1) is 0 Å².